The number of para-hydroxylation sites is 2. The number of nitrogens with one attached hydrogen (secondary N) is 1. The van der Waals surface area contributed by atoms with Gasteiger partial charge in [-0.3, -0.25) is 9.59 Å². The lowest BCUT2D eigenvalue weighted by Crippen LogP contribution is -2.31. The van der Waals surface area contributed by atoms with E-state index in [2.05, 4.69) is 9.97 Å². The third kappa shape index (κ3) is 3.39. The summed E-state index contributed by atoms with van der Waals surface area (Å²) in [6.45, 7) is 2.13. The number of aromatic nitrogens is 2. The lowest BCUT2D eigenvalue weighted by atomic mass is 10.1. The molecule has 5 nitrogen and oxygen atoms in total. The third-order valence-electron chi connectivity index (χ3n) is 4.42. The van der Waals surface area contributed by atoms with Gasteiger partial charge in [-0.2, -0.15) is 0 Å². The quantitative estimate of drug-likeness (QED) is 0.583. The van der Waals surface area contributed by atoms with Gasteiger partial charge < -0.3 is 9.88 Å². The smallest absolute Gasteiger partial charge is 0.270 e. The highest BCUT2D eigenvalue weighted by atomic mass is 32.1. The van der Waals surface area contributed by atoms with E-state index in [4.69, 9.17) is 0 Å². The number of aromatic amines is 1. The van der Waals surface area contributed by atoms with Gasteiger partial charge in [-0.05, 0) is 30.7 Å². The first kappa shape index (κ1) is 17.2. The molecule has 4 aromatic rings. The van der Waals surface area contributed by atoms with Gasteiger partial charge in [-0.25, -0.2) is 4.98 Å². The predicted octanol–water partition coefficient (Wildman–Crippen LogP) is 4.14. The number of carbonyl (C=O) groups excluding carboxylic acids is 1. The van der Waals surface area contributed by atoms with Crippen molar-refractivity contribution in [2.24, 2.45) is 0 Å². The van der Waals surface area contributed by atoms with Gasteiger partial charge in [0.05, 0.1) is 17.7 Å². The standard InChI is InChI=1S/C21H17N3O2S/c1-14-20(27-13-22-14)21(26)24(16-7-3-2-4-8-16)12-15-11-19(25)23-18-10-6-5-9-17(15)18/h2-11,13H,12H2,1H3,(H,23,25). The van der Waals surface area contributed by atoms with Crippen molar-refractivity contribution >= 4 is 33.8 Å². The maximum atomic E-state index is 13.3. The minimum absolute atomic E-state index is 0.120. The molecule has 0 fully saturated rings. The molecule has 0 aliphatic rings. The van der Waals surface area contributed by atoms with Crippen molar-refractivity contribution in [2.45, 2.75) is 13.5 Å². The Morgan fingerprint density at radius 1 is 1.11 bits per heavy atom. The van der Waals surface area contributed by atoms with Crippen molar-refractivity contribution in [1.82, 2.24) is 9.97 Å². The molecule has 0 saturated carbocycles. The summed E-state index contributed by atoms with van der Waals surface area (Å²) in [6.07, 6.45) is 0. The molecular weight excluding hydrogens is 358 g/mol. The molecule has 2 aromatic carbocycles. The number of amides is 1. The average molecular weight is 375 g/mol. The van der Waals surface area contributed by atoms with Crippen LogP contribution in [0.4, 0.5) is 5.69 Å². The van der Waals surface area contributed by atoms with E-state index in [-0.39, 0.29) is 11.5 Å². The van der Waals surface area contributed by atoms with Gasteiger partial charge in [0.2, 0.25) is 5.56 Å². The number of hydrogen-bond donors (Lipinski definition) is 1. The van der Waals surface area contributed by atoms with Crippen LogP contribution in [-0.2, 0) is 6.54 Å². The van der Waals surface area contributed by atoms with Gasteiger partial charge in [0.25, 0.3) is 5.91 Å². The molecule has 6 heteroatoms. The fraction of sp³-hybridized carbons (Fsp3) is 0.0952. The highest BCUT2D eigenvalue weighted by Crippen LogP contribution is 2.25. The summed E-state index contributed by atoms with van der Waals surface area (Å²) in [7, 11) is 0. The number of nitrogens with zero attached hydrogens (tertiary/aromatic N) is 2. The maximum Gasteiger partial charge on any atom is 0.270 e. The van der Waals surface area contributed by atoms with Crippen LogP contribution in [0.5, 0.6) is 0 Å². The average Bonchev–Trinajstić information content (AvgIpc) is 3.12. The summed E-state index contributed by atoms with van der Waals surface area (Å²) in [5.41, 5.74) is 4.54. The van der Waals surface area contributed by atoms with Gasteiger partial charge in [0.15, 0.2) is 0 Å². The Kier molecular flexibility index (Phi) is 4.56. The zero-order valence-corrected chi connectivity index (χ0v) is 15.5. The molecule has 4 rings (SSSR count). The lowest BCUT2D eigenvalue weighted by Gasteiger charge is -2.23. The predicted molar refractivity (Wildman–Crippen MR) is 108 cm³/mol. The SMILES string of the molecule is Cc1ncsc1C(=O)N(Cc1cc(=O)[nH]c2ccccc12)c1ccccc1. The van der Waals surface area contributed by atoms with Crippen LogP contribution in [-0.4, -0.2) is 15.9 Å². The highest BCUT2D eigenvalue weighted by molar-refractivity contribution is 7.12. The molecule has 0 bridgehead atoms. The number of fused-ring (bicyclic) bond motifs is 1. The monoisotopic (exact) mass is 375 g/mol. The number of pyridine rings is 1. The van der Waals surface area contributed by atoms with Crippen LogP contribution >= 0.6 is 11.3 Å². The largest absolute Gasteiger partial charge is 0.322 e. The third-order valence-corrected chi connectivity index (χ3v) is 5.33. The Labute approximate surface area is 159 Å². The zero-order valence-electron chi connectivity index (χ0n) is 14.7. The molecule has 0 aliphatic carbocycles. The van der Waals surface area contributed by atoms with Gasteiger partial charge in [0, 0.05) is 22.7 Å². The van der Waals surface area contributed by atoms with E-state index in [9.17, 15) is 9.59 Å². The van der Waals surface area contributed by atoms with Crippen LogP contribution in [0.1, 0.15) is 20.9 Å². The van der Waals surface area contributed by atoms with E-state index in [0.717, 1.165) is 22.2 Å². The van der Waals surface area contributed by atoms with Gasteiger partial charge >= 0.3 is 0 Å². The van der Waals surface area contributed by atoms with E-state index in [1.54, 1.807) is 16.5 Å². The first-order valence-corrected chi connectivity index (χ1v) is 9.39. The van der Waals surface area contributed by atoms with Crippen LogP contribution in [0.3, 0.4) is 0 Å². The van der Waals surface area contributed by atoms with Crippen molar-refractivity contribution in [3.8, 4) is 0 Å². The maximum absolute atomic E-state index is 13.3. The second kappa shape index (κ2) is 7.17. The molecule has 0 radical (unpaired) electrons. The lowest BCUT2D eigenvalue weighted by molar-refractivity contribution is 0.0988. The molecule has 2 aromatic heterocycles. The van der Waals surface area contributed by atoms with Gasteiger partial charge in [-0.1, -0.05) is 36.4 Å². The minimum Gasteiger partial charge on any atom is -0.322 e. The molecular formula is C21H17N3O2S. The Morgan fingerprint density at radius 3 is 2.59 bits per heavy atom. The number of benzene rings is 2. The molecule has 0 spiro atoms. The number of aryl methyl sites for hydroxylation is 1. The number of H-pyrrole nitrogens is 1. The van der Waals surface area contributed by atoms with Crippen molar-refractivity contribution in [3.05, 3.63) is 92.7 Å². The number of thiazole rings is 1. The van der Waals surface area contributed by atoms with Crippen LogP contribution in [0.15, 0.2) is 71.0 Å². The molecule has 0 aliphatic heterocycles. The molecule has 0 atom stereocenters. The summed E-state index contributed by atoms with van der Waals surface area (Å²) in [6, 6.07) is 18.7. The normalized spacial score (nSPS) is 10.9. The molecule has 134 valence electrons. The van der Waals surface area contributed by atoms with Crippen molar-refractivity contribution < 1.29 is 4.79 Å². The molecule has 1 N–H and O–H groups in total. The topological polar surface area (TPSA) is 66.1 Å². The fourth-order valence-corrected chi connectivity index (χ4v) is 3.85. The number of hydrogen-bond acceptors (Lipinski definition) is 4. The van der Waals surface area contributed by atoms with E-state index < -0.39 is 0 Å². The molecule has 2 heterocycles. The van der Waals surface area contributed by atoms with E-state index in [1.165, 1.54) is 11.3 Å². The second-order valence-corrected chi connectivity index (χ2v) is 7.05. The Bertz CT molecular complexity index is 1160. The van der Waals surface area contributed by atoms with E-state index in [1.807, 2.05) is 61.5 Å². The fourth-order valence-electron chi connectivity index (χ4n) is 3.10. The van der Waals surface area contributed by atoms with Crippen molar-refractivity contribution in [1.29, 1.82) is 0 Å². The Hall–Kier alpha value is -3.25. The molecule has 0 unspecified atom stereocenters. The summed E-state index contributed by atoms with van der Waals surface area (Å²) < 4.78 is 0. The number of rotatable bonds is 4. The summed E-state index contributed by atoms with van der Waals surface area (Å²) in [5.74, 6) is -0.120. The number of carbonyl (C=O) groups is 1. The number of anilines is 1. The van der Waals surface area contributed by atoms with Crippen molar-refractivity contribution in [3.63, 3.8) is 0 Å². The molecule has 27 heavy (non-hydrogen) atoms. The van der Waals surface area contributed by atoms with Crippen LogP contribution < -0.4 is 10.5 Å². The summed E-state index contributed by atoms with van der Waals surface area (Å²) >= 11 is 1.33. The van der Waals surface area contributed by atoms with Crippen LogP contribution in [0.2, 0.25) is 0 Å². The zero-order chi connectivity index (χ0) is 18.8. The molecule has 0 saturated heterocycles. The minimum atomic E-state index is -0.182. The first-order valence-electron chi connectivity index (χ1n) is 8.51. The van der Waals surface area contributed by atoms with E-state index in [0.29, 0.717) is 17.1 Å². The second-order valence-electron chi connectivity index (χ2n) is 6.20. The molecule has 1 amide bonds. The summed E-state index contributed by atoms with van der Waals surface area (Å²) in [4.78, 5) is 34.7. The van der Waals surface area contributed by atoms with E-state index >= 15 is 0 Å². The van der Waals surface area contributed by atoms with Crippen molar-refractivity contribution in [2.75, 3.05) is 4.90 Å². The van der Waals surface area contributed by atoms with Crippen LogP contribution in [0.25, 0.3) is 10.9 Å². The Morgan fingerprint density at radius 2 is 1.85 bits per heavy atom. The van der Waals surface area contributed by atoms with Gasteiger partial charge in [-0.15, -0.1) is 11.3 Å². The first-order chi connectivity index (χ1) is 13.1. The highest BCUT2D eigenvalue weighted by Gasteiger charge is 2.22. The summed E-state index contributed by atoms with van der Waals surface area (Å²) in [5, 5.41) is 0.923. The Balaban J connectivity index is 1.82. The van der Waals surface area contributed by atoms with Crippen LogP contribution in [0, 0.1) is 6.92 Å². The van der Waals surface area contributed by atoms with Gasteiger partial charge in [0.1, 0.15) is 4.88 Å².